The number of fused-ring (bicyclic) bond motifs is 1. The zero-order valence-corrected chi connectivity index (χ0v) is 11.0. The fourth-order valence-corrected chi connectivity index (χ4v) is 2.33. The van der Waals surface area contributed by atoms with Gasteiger partial charge < -0.3 is 19.3 Å². The van der Waals surface area contributed by atoms with E-state index in [9.17, 15) is 0 Å². The summed E-state index contributed by atoms with van der Waals surface area (Å²) in [7, 11) is 0. The highest BCUT2D eigenvalue weighted by Crippen LogP contribution is 2.24. The number of rotatable bonds is 3. The Morgan fingerprint density at radius 3 is 2.84 bits per heavy atom. The summed E-state index contributed by atoms with van der Waals surface area (Å²) in [6, 6.07) is 0. The maximum Gasteiger partial charge on any atom is 0.226 e. The highest BCUT2D eigenvalue weighted by atomic mass is 35.5. The Labute approximate surface area is 114 Å². The summed E-state index contributed by atoms with van der Waals surface area (Å²) >= 11 is 5.99. The number of aliphatic hydroxyl groups excluding tert-OH is 1. The van der Waals surface area contributed by atoms with Crippen LogP contribution in [0.4, 0.5) is 5.82 Å². The number of nitrogens with zero attached hydrogens (tertiary/aromatic N) is 5. The van der Waals surface area contributed by atoms with Gasteiger partial charge in [0, 0.05) is 19.6 Å². The number of halogens is 1. The van der Waals surface area contributed by atoms with Crippen LogP contribution in [0.3, 0.4) is 0 Å². The topological polar surface area (TPSA) is 76.3 Å². The third kappa shape index (κ3) is 2.36. The van der Waals surface area contributed by atoms with E-state index in [1.807, 2.05) is 0 Å². The standard InChI is InChI=1S/C11H14ClN5O2/c12-11-14-9(16-2-5-19-6-3-16)8-10(15-11)17(1-4-18)7-13-8/h7,18H,1-6H2. The number of morpholine rings is 1. The summed E-state index contributed by atoms with van der Waals surface area (Å²) in [4.78, 5) is 14.9. The molecule has 0 saturated carbocycles. The molecule has 3 heterocycles. The highest BCUT2D eigenvalue weighted by molar-refractivity contribution is 6.28. The van der Waals surface area contributed by atoms with E-state index in [-0.39, 0.29) is 11.9 Å². The molecule has 3 rings (SSSR count). The van der Waals surface area contributed by atoms with E-state index >= 15 is 0 Å². The van der Waals surface area contributed by atoms with E-state index < -0.39 is 0 Å². The Bertz CT molecular complexity index is 582. The Kier molecular flexibility index (Phi) is 3.50. The maximum absolute atomic E-state index is 9.03. The number of aromatic nitrogens is 4. The average Bonchev–Trinajstić information content (AvgIpc) is 2.83. The first kappa shape index (κ1) is 12.6. The van der Waals surface area contributed by atoms with Crippen LogP contribution in [0.1, 0.15) is 0 Å². The van der Waals surface area contributed by atoms with Crippen molar-refractivity contribution in [1.82, 2.24) is 19.5 Å². The fourth-order valence-electron chi connectivity index (χ4n) is 2.17. The Balaban J connectivity index is 2.07. The van der Waals surface area contributed by atoms with Crippen molar-refractivity contribution in [2.75, 3.05) is 37.8 Å². The molecule has 1 saturated heterocycles. The lowest BCUT2D eigenvalue weighted by atomic mass is 10.4. The number of hydrogen-bond donors (Lipinski definition) is 1. The minimum atomic E-state index is 0.0277. The molecule has 1 fully saturated rings. The molecule has 0 radical (unpaired) electrons. The van der Waals surface area contributed by atoms with Gasteiger partial charge in [-0.3, -0.25) is 0 Å². The monoisotopic (exact) mass is 283 g/mol. The summed E-state index contributed by atoms with van der Waals surface area (Å²) in [5, 5.41) is 9.22. The summed E-state index contributed by atoms with van der Waals surface area (Å²) in [5.41, 5.74) is 1.36. The molecule has 0 spiro atoms. The van der Waals surface area contributed by atoms with Gasteiger partial charge in [-0.05, 0) is 11.6 Å². The third-order valence-electron chi connectivity index (χ3n) is 3.07. The van der Waals surface area contributed by atoms with Crippen LogP contribution in [0.15, 0.2) is 6.33 Å². The summed E-state index contributed by atoms with van der Waals surface area (Å²) < 4.78 is 7.10. The van der Waals surface area contributed by atoms with Crippen molar-refractivity contribution in [2.24, 2.45) is 0 Å². The van der Waals surface area contributed by atoms with Crippen LogP contribution in [0.5, 0.6) is 0 Å². The number of hydrogen-bond acceptors (Lipinski definition) is 6. The average molecular weight is 284 g/mol. The van der Waals surface area contributed by atoms with Crippen molar-refractivity contribution in [3.8, 4) is 0 Å². The third-order valence-corrected chi connectivity index (χ3v) is 3.24. The van der Waals surface area contributed by atoms with Crippen molar-refractivity contribution in [3.63, 3.8) is 0 Å². The van der Waals surface area contributed by atoms with E-state index in [0.29, 0.717) is 30.9 Å². The molecule has 19 heavy (non-hydrogen) atoms. The van der Waals surface area contributed by atoms with Gasteiger partial charge >= 0.3 is 0 Å². The van der Waals surface area contributed by atoms with E-state index in [2.05, 4.69) is 19.9 Å². The van der Waals surface area contributed by atoms with Crippen LogP contribution >= 0.6 is 11.6 Å². The van der Waals surface area contributed by atoms with Gasteiger partial charge in [0.1, 0.15) is 0 Å². The van der Waals surface area contributed by atoms with Crippen molar-refractivity contribution in [1.29, 1.82) is 0 Å². The smallest absolute Gasteiger partial charge is 0.226 e. The van der Waals surface area contributed by atoms with E-state index in [1.54, 1.807) is 10.9 Å². The molecule has 0 atom stereocenters. The van der Waals surface area contributed by atoms with Gasteiger partial charge in [-0.15, -0.1) is 0 Å². The molecule has 0 aromatic carbocycles. The molecule has 0 aliphatic carbocycles. The molecule has 102 valence electrons. The molecular formula is C11H14ClN5O2. The number of ether oxygens (including phenoxy) is 1. The van der Waals surface area contributed by atoms with Crippen LogP contribution in [0.2, 0.25) is 5.28 Å². The number of imidazole rings is 1. The van der Waals surface area contributed by atoms with Gasteiger partial charge in [-0.25, -0.2) is 4.98 Å². The van der Waals surface area contributed by atoms with Crippen molar-refractivity contribution in [2.45, 2.75) is 6.54 Å². The molecule has 0 bridgehead atoms. The van der Waals surface area contributed by atoms with Gasteiger partial charge in [0.25, 0.3) is 0 Å². The second-order valence-corrected chi connectivity index (χ2v) is 4.59. The van der Waals surface area contributed by atoms with Gasteiger partial charge in [0.05, 0.1) is 26.1 Å². The lowest BCUT2D eigenvalue weighted by Gasteiger charge is -2.27. The Morgan fingerprint density at radius 2 is 2.11 bits per heavy atom. The zero-order valence-electron chi connectivity index (χ0n) is 10.3. The predicted molar refractivity (Wildman–Crippen MR) is 70.5 cm³/mol. The molecule has 1 aliphatic rings. The highest BCUT2D eigenvalue weighted by Gasteiger charge is 2.19. The largest absolute Gasteiger partial charge is 0.395 e. The second kappa shape index (κ2) is 5.28. The number of anilines is 1. The Hall–Kier alpha value is -1.44. The Morgan fingerprint density at radius 1 is 1.32 bits per heavy atom. The minimum absolute atomic E-state index is 0.0277. The van der Waals surface area contributed by atoms with E-state index in [1.165, 1.54) is 0 Å². The fraction of sp³-hybridized carbons (Fsp3) is 0.545. The van der Waals surface area contributed by atoms with E-state index in [0.717, 1.165) is 18.9 Å². The first-order valence-corrected chi connectivity index (χ1v) is 6.49. The quantitative estimate of drug-likeness (QED) is 0.817. The van der Waals surface area contributed by atoms with Crippen LogP contribution in [-0.2, 0) is 11.3 Å². The molecule has 7 nitrogen and oxygen atoms in total. The SMILES string of the molecule is OCCn1cnc2c(N3CCOCC3)nc(Cl)nc21. The van der Waals surface area contributed by atoms with Crippen molar-refractivity contribution in [3.05, 3.63) is 11.6 Å². The first-order valence-electron chi connectivity index (χ1n) is 6.11. The van der Waals surface area contributed by atoms with Crippen molar-refractivity contribution >= 4 is 28.6 Å². The summed E-state index contributed by atoms with van der Waals surface area (Å²) in [6.07, 6.45) is 1.65. The molecule has 2 aromatic heterocycles. The van der Waals surface area contributed by atoms with E-state index in [4.69, 9.17) is 21.4 Å². The van der Waals surface area contributed by atoms with Crippen LogP contribution in [0, 0.1) is 0 Å². The van der Waals surface area contributed by atoms with Gasteiger partial charge in [-0.1, -0.05) is 0 Å². The molecule has 0 unspecified atom stereocenters. The normalized spacial score (nSPS) is 16.2. The molecule has 2 aromatic rings. The number of aliphatic hydroxyl groups is 1. The minimum Gasteiger partial charge on any atom is -0.395 e. The molecule has 1 aliphatic heterocycles. The molecule has 1 N–H and O–H groups in total. The van der Waals surface area contributed by atoms with Gasteiger partial charge in [0.15, 0.2) is 17.0 Å². The predicted octanol–water partition coefficient (Wildman–Crippen LogP) is 0.309. The van der Waals surface area contributed by atoms with Crippen LogP contribution < -0.4 is 4.90 Å². The molecular weight excluding hydrogens is 270 g/mol. The molecule has 8 heteroatoms. The zero-order chi connectivity index (χ0) is 13.2. The first-order chi connectivity index (χ1) is 9.29. The van der Waals surface area contributed by atoms with Crippen LogP contribution in [-0.4, -0.2) is 57.5 Å². The van der Waals surface area contributed by atoms with Crippen LogP contribution in [0.25, 0.3) is 11.2 Å². The van der Waals surface area contributed by atoms with Gasteiger partial charge in [0.2, 0.25) is 5.28 Å². The lowest BCUT2D eigenvalue weighted by molar-refractivity contribution is 0.122. The second-order valence-electron chi connectivity index (χ2n) is 4.25. The summed E-state index contributed by atoms with van der Waals surface area (Å²) in [5.74, 6) is 0.731. The molecule has 0 amide bonds. The van der Waals surface area contributed by atoms with Crippen molar-refractivity contribution < 1.29 is 9.84 Å². The maximum atomic E-state index is 9.03. The summed E-state index contributed by atoms with van der Waals surface area (Å²) in [6.45, 7) is 3.32. The van der Waals surface area contributed by atoms with Gasteiger partial charge in [-0.2, -0.15) is 9.97 Å². The lowest BCUT2D eigenvalue weighted by Crippen LogP contribution is -2.37.